The number of ketones is 2. The quantitative estimate of drug-likeness (QED) is 0.255. The first-order valence-corrected chi connectivity index (χ1v) is 12.3. The summed E-state index contributed by atoms with van der Waals surface area (Å²) in [4.78, 5) is 27.3. The van der Waals surface area contributed by atoms with Gasteiger partial charge in [-0.3, -0.25) is 9.59 Å². The van der Waals surface area contributed by atoms with Crippen molar-refractivity contribution in [1.82, 2.24) is 0 Å². The molecular weight excluding hydrogens is 460 g/mol. The number of ether oxygens (including phenoxy) is 1. The Hall–Kier alpha value is -4.38. The molecule has 1 aliphatic rings. The van der Waals surface area contributed by atoms with Crippen LogP contribution in [0.5, 0.6) is 11.5 Å². The molecule has 0 aliphatic heterocycles. The molecule has 4 aromatic carbocycles. The van der Waals surface area contributed by atoms with Crippen molar-refractivity contribution in [1.29, 1.82) is 0 Å². The van der Waals surface area contributed by atoms with Crippen LogP contribution in [0.1, 0.15) is 69.3 Å². The van der Waals surface area contributed by atoms with Gasteiger partial charge in [-0.15, -0.1) is 0 Å². The van der Waals surface area contributed by atoms with E-state index in [-0.39, 0.29) is 33.8 Å². The van der Waals surface area contributed by atoms with Crippen LogP contribution in [0.4, 0.5) is 17.1 Å². The largest absolute Gasteiger partial charge is 0.455 e. The first-order chi connectivity index (χ1) is 17.5. The van der Waals surface area contributed by atoms with Crippen LogP contribution in [0.15, 0.2) is 72.8 Å². The third-order valence-electron chi connectivity index (χ3n) is 6.80. The van der Waals surface area contributed by atoms with E-state index in [9.17, 15) is 9.59 Å². The average molecular weight is 491 g/mol. The first kappa shape index (κ1) is 24.3. The van der Waals surface area contributed by atoms with E-state index < -0.39 is 0 Å². The Balaban J connectivity index is 1.66. The van der Waals surface area contributed by atoms with Gasteiger partial charge in [-0.2, -0.15) is 0 Å². The number of rotatable bonds is 4. The van der Waals surface area contributed by atoms with Crippen LogP contribution >= 0.6 is 0 Å². The third-order valence-corrected chi connectivity index (χ3v) is 6.80. The fourth-order valence-electron chi connectivity index (χ4n) is 4.73. The second-order valence-corrected chi connectivity index (χ2v) is 10.6. The smallest absolute Gasteiger partial charge is 0.196 e. The maximum absolute atomic E-state index is 13.7. The van der Waals surface area contributed by atoms with Crippen LogP contribution in [-0.4, -0.2) is 11.6 Å². The van der Waals surface area contributed by atoms with Gasteiger partial charge in [-0.05, 0) is 48.6 Å². The number of nitrogen functional groups attached to an aromatic ring is 1. The molecule has 0 saturated heterocycles. The van der Waals surface area contributed by atoms with Gasteiger partial charge in [0.1, 0.15) is 5.75 Å². The van der Waals surface area contributed by atoms with Crippen LogP contribution in [0.25, 0.3) is 0 Å². The summed E-state index contributed by atoms with van der Waals surface area (Å²) in [6.45, 7) is 10.5. The maximum Gasteiger partial charge on any atom is 0.196 e. The Labute approximate surface area is 217 Å². The standard InChI is InChI=1S/C32H30N2O3/c1-18-10-15-24(19(2)16-18)34-25-17-26(37-21-13-11-20(12-14-21)32(3,4)5)29(33)28-27(25)30(35)22-8-6-7-9-23(22)31(28)36/h6-17,34H,33H2,1-5H3. The van der Waals surface area contributed by atoms with Crippen molar-refractivity contribution in [2.45, 2.75) is 40.0 Å². The molecule has 0 unspecified atom stereocenters. The molecule has 3 N–H and O–H groups in total. The van der Waals surface area contributed by atoms with Gasteiger partial charge >= 0.3 is 0 Å². The van der Waals surface area contributed by atoms with Gasteiger partial charge in [0.15, 0.2) is 17.3 Å². The average Bonchev–Trinajstić information content (AvgIpc) is 2.85. The van der Waals surface area contributed by atoms with Crippen molar-refractivity contribution in [3.63, 3.8) is 0 Å². The fourth-order valence-corrected chi connectivity index (χ4v) is 4.73. The van der Waals surface area contributed by atoms with Crippen LogP contribution in [-0.2, 0) is 5.41 Å². The number of fused-ring (bicyclic) bond motifs is 2. The van der Waals surface area contributed by atoms with E-state index >= 15 is 0 Å². The number of aryl methyl sites for hydroxylation is 2. The summed E-state index contributed by atoms with van der Waals surface area (Å²) in [5.74, 6) is 0.368. The Bertz CT molecular complexity index is 1560. The second kappa shape index (κ2) is 8.93. The fraction of sp³-hybridized carbons (Fsp3) is 0.188. The highest BCUT2D eigenvalue weighted by Gasteiger charge is 2.35. The third kappa shape index (κ3) is 4.38. The molecule has 0 aromatic heterocycles. The molecule has 0 fully saturated rings. The Morgan fingerprint density at radius 2 is 1.38 bits per heavy atom. The van der Waals surface area contributed by atoms with Crippen molar-refractivity contribution in [2.75, 3.05) is 11.1 Å². The zero-order valence-corrected chi connectivity index (χ0v) is 21.7. The molecule has 0 saturated carbocycles. The molecule has 5 rings (SSSR count). The van der Waals surface area contributed by atoms with E-state index in [1.54, 1.807) is 30.3 Å². The number of hydrogen-bond acceptors (Lipinski definition) is 5. The lowest BCUT2D eigenvalue weighted by Gasteiger charge is -2.25. The van der Waals surface area contributed by atoms with Gasteiger partial charge < -0.3 is 15.8 Å². The molecular formula is C32H30N2O3. The lowest BCUT2D eigenvalue weighted by Crippen LogP contribution is -2.24. The second-order valence-electron chi connectivity index (χ2n) is 10.6. The molecule has 0 atom stereocenters. The van der Waals surface area contributed by atoms with Crippen molar-refractivity contribution in [2.24, 2.45) is 0 Å². The predicted molar refractivity (Wildman–Crippen MR) is 149 cm³/mol. The molecule has 5 heteroatoms. The zero-order valence-electron chi connectivity index (χ0n) is 21.7. The summed E-state index contributed by atoms with van der Waals surface area (Å²) in [6.07, 6.45) is 0. The van der Waals surface area contributed by atoms with Crippen LogP contribution < -0.4 is 15.8 Å². The monoisotopic (exact) mass is 490 g/mol. The molecule has 0 amide bonds. The summed E-state index contributed by atoms with van der Waals surface area (Å²) >= 11 is 0. The number of hydrogen-bond donors (Lipinski definition) is 2. The SMILES string of the molecule is Cc1ccc(Nc2cc(Oc3ccc(C(C)(C)C)cc3)c(N)c3c2C(=O)c2ccccc2C3=O)c(C)c1. The lowest BCUT2D eigenvalue weighted by atomic mass is 9.82. The number of carbonyl (C=O) groups is 2. The summed E-state index contributed by atoms with van der Waals surface area (Å²) < 4.78 is 6.21. The summed E-state index contributed by atoms with van der Waals surface area (Å²) in [5.41, 5.74) is 12.5. The van der Waals surface area contributed by atoms with E-state index in [0.29, 0.717) is 28.3 Å². The molecule has 4 aromatic rings. The highest BCUT2D eigenvalue weighted by atomic mass is 16.5. The number of benzene rings is 4. The van der Waals surface area contributed by atoms with Crippen molar-refractivity contribution in [3.05, 3.63) is 112 Å². The normalized spacial score (nSPS) is 12.7. The van der Waals surface area contributed by atoms with Gasteiger partial charge in [-0.1, -0.05) is 74.9 Å². The van der Waals surface area contributed by atoms with Crippen LogP contribution in [0.2, 0.25) is 0 Å². The minimum absolute atomic E-state index is 0.00648. The molecule has 0 bridgehead atoms. The maximum atomic E-state index is 13.7. The number of nitrogens with one attached hydrogen (secondary N) is 1. The van der Waals surface area contributed by atoms with E-state index in [0.717, 1.165) is 16.8 Å². The Kier molecular flexibility index (Phi) is 5.87. The summed E-state index contributed by atoms with van der Waals surface area (Å²) in [5, 5.41) is 3.38. The van der Waals surface area contributed by atoms with E-state index in [1.165, 1.54) is 5.56 Å². The molecule has 0 radical (unpaired) electrons. The minimum atomic E-state index is -0.292. The van der Waals surface area contributed by atoms with Gasteiger partial charge in [0.25, 0.3) is 0 Å². The first-order valence-electron chi connectivity index (χ1n) is 12.3. The predicted octanol–water partition coefficient (Wildman–Crippen LogP) is 7.49. The topological polar surface area (TPSA) is 81.4 Å². The minimum Gasteiger partial charge on any atom is -0.455 e. The highest BCUT2D eigenvalue weighted by molar-refractivity contribution is 6.32. The summed E-state index contributed by atoms with van der Waals surface area (Å²) in [6, 6.07) is 22.4. The van der Waals surface area contributed by atoms with E-state index in [1.807, 2.05) is 50.2 Å². The van der Waals surface area contributed by atoms with E-state index in [2.05, 4.69) is 32.2 Å². The van der Waals surface area contributed by atoms with Crippen molar-refractivity contribution in [3.8, 4) is 11.5 Å². The van der Waals surface area contributed by atoms with Crippen molar-refractivity contribution >= 4 is 28.6 Å². The van der Waals surface area contributed by atoms with Crippen LogP contribution in [0, 0.1) is 13.8 Å². The zero-order chi connectivity index (χ0) is 26.5. The molecule has 186 valence electrons. The molecule has 1 aliphatic carbocycles. The number of carbonyl (C=O) groups excluding carboxylic acids is 2. The Morgan fingerprint density at radius 1 is 0.757 bits per heavy atom. The van der Waals surface area contributed by atoms with Gasteiger partial charge in [0.2, 0.25) is 0 Å². The number of anilines is 3. The lowest BCUT2D eigenvalue weighted by molar-refractivity contribution is 0.0980. The van der Waals surface area contributed by atoms with E-state index in [4.69, 9.17) is 10.5 Å². The van der Waals surface area contributed by atoms with Gasteiger partial charge in [0, 0.05) is 22.9 Å². The highest BCUT2D eigenvalue weighted by Crippen LogP contribution is 2.43. The van der Waals surface area contributed by atoms with Crippen molar-refractivity contribution < 1.29 is 14.3 Å². The summed E-state index contributed by atoms with van der Waals surface area (Å²) in [7, 11) is 0. The van der Waals surface area contributed by atoms with Gasteiger partial charge in [0.05, 0.1) is 22.5 Å². The number of nitrogens with two attached hydrogens (primary N) is 1. The Morgan fingerprint density at radius 3 is 1.97 bits per heavy atom. The van der Waals surface area contributed by atoms with Gasteiger partial charge in [-0.25, -0.2) is 0 Å². The molecule has 5 nitrogen and oxygen atoms in total. The molecule has 0 heterocycles. The van der Waals surface area contributed by atoms with Crippen LogP contribution in [0.3, 0.4) is 0 Å². The molecule has 37 heavy (non-hydrogen) atoms. The molecule has 0 spiro atoms.